The van der Waals surface area contributed by atoms with Crippen LogP contribution in [0.2, 0.25) is 0 Å². The zero-order chi connectivity index (χ0) is 28.6. The normalized spacial score (nSPS) is 22.3. The Morgan fingerprint density at radius 1 is 0.930 bits per heavy atom. The van der Waals surface area contributed by atoms with Crippen molar-refractivity contribution in [2.24, 2.45) is 0 Å². The van der Waals surface area contributed by atoms with E-state index in [-0.39, 0.29) is 141 Å². The molecule has 3 aromatic rings. The van der Waals surface area contributed by atoms with Crippen molar-refractivity contribution < 1.29 is 180 Å². The fourth-order valence-corrected chi connectivity index (χ4v) is 6.24. The third kappa shape index (κ3) is 12.4. The van der Waals surface area contributed by atoms with E-state index in [4.69, 9.17) is 10.5 Å². The number of phosphoric acid groups is 3. The van der Waals surface area contributed by atoms with Gasteiger partial charge in [-0.2, -0.15) is 0 Å². The summed E-state index contributed by atoms with van der Waals surface area (Å²) in [5, 5.41) is 20.9. The molecule has 2 aromatic heterocycles. The summed E-state index contributed by atoms with van der Waals surface area (Å²) in [5.41, 5.74) is 6.76. The number of aliphatic hydroxyl groups is 2. The zero-order valence-corrected chi connectivity index (χ0v) is 33.8. The molecule has 210 valence electrons. The van der Waals surface area contributed by atoms with Gasteiger partial charge in [-0.05, 0) is 18.1 Å². The van der Waals surface area contributed by atoms with Crippen LogP contribution in [0.3, 0.4) is 0 Å². The van der Waals surface area contributed by atoms with Gasteiger partial charge < -0.3 is 49.3 Å². The van der Waals surface area contributed by atoms with Gasteiger partial charge in [-0.1, -0.05) is 24.1 Å². The van der Waals surface area contributed by atoms with Crippen molar-refractivity contribution in [3.05, 3.63) is 48.0 Å². The van der Waals surface area contributed by atoms with E-state index in [1.165, 1.54) is 4.57 Å². The van der Waals surface area contributed by atoms with Crippen LogP contribution >= 0.6 is 23.5 Å². The minimum Gasteiger partial charge on any atom is -0.790 e. The molecular weight excluding hydrogens is 679 g/mol. The largest absolute Gasteiger partial charge is 1.00 e. The maximum absolute atomic E-state index is 11.8. The average molecular weight is 695 g/mol. The van der Waals surface area contributed by atoms with Crippen LogP contribution in [0.25, 0.3) is 11.2 Å². The van der Waals surface area contributed by atoms with Crippen LogP contribution in [0.1, 0.15) is 17.6 Å². The molecule has 1 aromatic carbocycles. The summed E-state index contributed by atoms with van der Waals surface area (Å²) >= 11 is 0. The van der Waals surface area contributed by atoms with Crippen molar-refractivity contribution in [1.82, 2.24) is 19.5 Å². The molecule has 4 rings (SSSR count). The molecule has 0 amide bonds. The Morgan fingerprint density at radius 2 is 1.56 bits per heavy atom. The van der Waals surface area contributed by atoms with Crippen molar-refractivity contribution in [3.8, 4) is 11.8 Å². The fourth-order valence-electron chi connectivity index (χ4n) is 3.37. The smallest absolute Gasteiger partial charge is 0.790 e. The van der Waals surface area contributed by atoms with Crippen LogP contribution in [-0.2, 0) is 31.6 Å². The molecule has 1 aliphatic rings. The Bertz CT molecular complexity index is 1590. The summed E-state index contributed by atoms with van der Waals surface area (Å²) in [5.74, 6) is 5.52. The molecule has 0 bridgehead atoms. The van der Waals surface area contributed by atoms with Gasteiger partial charge in [-0.25, -0.2) is 19.3 Å². The van der Waals surface area contributed by atoms with E-state index in [1.54, 1.807) is 24.3 Å². The molecule has 6 unspecified atom stereocenters. The maximum atomic E-state index is 11.8. The van der Waals surface area contributed by atoms with Gasteiger partial charge in [0.15, 0.2) is 17.7 Å². The molecular formula is C18H16N5Na4O13P3. The first kappa shape index (κ1) is 44.4. The number of aliphatic hydroxyl groups excluding tert-OH is 2. The Morgan fingerprint density at radius 3 is 2.16 bits per heavy atom. The van der Waals surface area contributed by atoms with Gasteiger partial charge in [0.2, 0.25) is 5.82 Å². The standard InChI is InChI=1S/C18H20N5O13P3.4Na/c19-16-13-17(22-12(21-16)7-6-10-4-2-1-3-5-10)23(9-20-13)18-15(25)14(24)11(34-18)8-33-38(29,30)36-39(31,32)35-37(26,27)28;;;;/h1-5,9,11,14-15,18,24-25H,8H2,(H,29,30)(H,31,32)(H2,19,21,22)(H2,26,27,28);;;;/q;4*+1/p-4. The van der Waals surface area contributed by atoms with E-state index in [0.717, 1.165) is 6.33 Å². The summed E-state index contributed by atoms with van der Waals surface area (Å²) in [4.78, 5) is 56.3. The third-order valence-corrected chi connectivity index (χ3v) is 8.61. The van der Waals surface area contributed by atoms with E-state index < -0.39 is 54.6 Å². The van der Waals surface area contributed by atoms with Crippen LogP contribution in [0.5, 0.6) is 0 Å². The van der Waals surface area contributed by atoms with Gasteiger partial charge in [0.1, 0.15) is 23.8 Å². The Balaban J connectivity index is 0.00000441. The number of benzene rings is 1. The van der Waals surface area contributed by atoms with Crippen molar-refractivity contribution in [3.63, 3.8) is 0 Å². The van der Waals surface area contributed by atoms with Gasteiger partial charge in [0.05, 0.1) is 20.8 Å². The number of hydrogen-bond acceptors (Lipinski definition) is 17. The van der Waals surface area contributed by atoms with E-state index in [0.29, 0.717) is 5.56 Å². The Labute approximate surface area is 332 Å². The topological polar surface area (TPSA) is 290 Å². The number of fused-ring (bicyclic) bond motifs is 1. The molecule has 1 fully saturated rings. The predicted molar refractivity (Wildman–Crippen MR) is 119 cm³/mol. The number of nitrogen functional groups attached to an aromatic ring is 1. The van der Waals surface area contributed by atoms with Gasteiger partial charge in [-0.15, -0.1) is 0 Å². The second-order valence-electron chi connectivity index (χ2n) is 7.72. The number of anilines is 1. The minimum absolute atomic E-state index is 0. The fraction of sp³-hybridized carbons (Fsp3) is 0.278. The molecule has 18 nitrogen and oxygen atoms in total. The van der Waals surface area contributed by atoms with Crippen LogP contribution < -0.4 is 144 Å². The Kier molecular flexibility index (Phi) is 18.9. The van der Waals surface area contributed by atoms with Gasteiger partial charge in [0, 0.05) is 5.56 Å². The molecule has 4 N–H and O–H groups in total. The average Bonchev–Trinajstić information content (AvgIpc) is 3.36. The molecule has 3 heterocycles. The zero-order valence-electron chi connectivity index (χ0n) is 23.1. The van der Waals surface area contributed by atoms with Crippen molar-refractivity contribution in [2.45, 2.75) is 24.5 Å². The monoisotopic (exact) mass is 695 g/mol. The second kappa shape index (κ2) is 18.3. The molecule has 0 aliphatic carbocycles. The second-order valence-corrected chi connectivity index (χ2v) is 12.0. The van der Waals surface area contributed by atoms with E-state index in [1.807, 2.05) is 6.07 Å². The summed E-state index contributed by atoms with van der Waals surface area (Å²) in [6.07, 6.45) is -5.36. The first-order chi connectivity index (χ1) is 18.1. The Hall–Kier alpha value is 1.42. The van der Waals surface area contributed by atoms with Crippen LogP contribution in [0, 0.1) is 11.8 Å². The summed E-state index contributed by atoms with van der Waals surface area (Å²) in [6.45, 7) is -1.11. The van der Waals surface area contributed by atoms with E-state index >= 15 is 0 Å². The number of imidazole rings is 1. The first-order valence-electron chi connectivity index (χ1n) is 10.4. The van der Waals surface area contributed by atoms with Crippen molar-refractivity contribution in [1.29, 1.82) is 0 Å². The number of phosphoric ester groups is 1. The van der Waals surface area contributed by atoms with Crippen LogP contribution in [0.4, 0.5) is 5.82 Å². The maximum Gasteiger partial charge on any atom is 1.00 e. The van der Waals surface area contributed by atoms with Gasteiger partial charge in [0.25, 0.3) is 15.6 Å². The SMILES string of the molecule is Nc1nc(C#Cc2ccccc2)nc2c1ncn2C1OC(COP(=O)([O-])OP(=O)([O-])OP(=O)([O-])[O-])C(O)C1O.[Na+].[Na+].[Na+].[Na+]. The molecule has 43 heavy (non-hydrogen) atoms. The molecule has 6 atom stereocenters. The summed E-state index contributed by atoms with van der Waals surface area (Å²) < 4.78 is 51.0. The number of nitrogens with two attached hydrogens (primary N) is 1. The molecule has 0 radical (unpaired) electrons. The molecule has 1 aliphatic heterocycles. The van der Waals surface area contributed by atoms with Gasteiger partial charge in [-0.3, -0.25) is 18.0 Å². The number of rotatable bonds is 8. The number of hydrogen-bond donors (Lipinski definition) is 3. The van der Waals surface area contributed by atoms with Crippen molar-refractivity contribution >= 4 is 40.4 Å². The number of nitrogens with zero attached hydrogens (tertiary/aromatic N) is 4. The predicted octanol–water partition coefficient (Wildman–Crippen LogP) is -14.7. The van der Waals surface area contributed by atoms with E-state index in [9.17, 15) is 43.5 Å². The molecule has 25 heteroatoms. The number of aromatic nitrogens is 4. The van der Waals surface area contributed by atoms with Crippen LogP contribution in [0.15, 0.2) is 36.7 Å². The molecule has 0 spiro atoms. The summed E-state index contributed by atoms with van der Waals surface area (Å²) in [7, 11) is -18.2. The minimum atomic E-state index is -6.18. The molecule has 0 saturated carbocycles. The number of ether oxygens (including phenoxy) is 1. The van der Waals surface area contributed by atoms with Crippen LogP contribution in [-0.4, -0.2) is 54.7 Å². The van der Waals surface area contributed by atoms with Gasteiger partial charge >= 0.3 is 118 Å². The quantitative estimate of drug-likeness (QED) is 0.112. The summed E-state index contributed by atoms with van der Waals surface area (Å²) in [6, 6.07) is 8.89. The molecule has 1 saturated heterocycles. The van der Waals surface area contributed by atoms with Crippen molar-refractivity contribution in [2.75, 3.05) is 12.3 Å². The first-order valence-corrected chi connectivity index (χ1v) is 14.8. The van der Waals surface area contributed by atoms with E-state index in [2.05, 4.69) is 39.9 Å². The third-order valence-electron chi connectivity index (χ3n) is 4.95.